The van der Waals surface area contributed by atoms with Crippen molar-refractivity contribution in [2.24, 2.45) is 7.05 Å². The van der Waals surface area contributed by atoms with E-state index in [2.05, 4.69) is 64.3 Å². The molecule has 2 fully saturated rings. The van der Waals surface area contributed by atoms with Crippen LogP contribution in [0.1, 0.15) is 49.9 Å². The average Bonchev–Trinajstić information content (AvgIpc) is 3.60. The fourth-order valence-corrected chi connectivity index (χ4v) is 5.76. The summed E-state index contributed by atoms with van der Waals surface area (Å²) in [6.45, 7) is 8.81. The topological polar surface area (TPSA) is 86.6 Å². The number of imide groups is 1. The maximum Gasteiger partial charge on any atom is 0.329 e. The molecule has 0 saturated carbocycles. The molecule has 3 amide bonds. The van der Waals surface area contributed by atoms with Gasteiger partial charge in [-0.05, 0) is 56.0 Å². The fraction of sp³-hybridized carbons (Fsp3) is 0.429. The first kappa shape index (κ1) is 23.7. The monoisotopic (exact) mass is 499 g/mol. The number of hydrogen-bond acceptors (Lipinski definition) is 6. The van der Waals surface area contributed by atoms with Crippen LogP contribution in [0.2, 0.25) is 0 Å². The summed E-state index contributed by atoms with van der Waals surface area (Å²) in [6.07, 6.45) is 4.51. The van der Waals surface area contributed by atoms with Crippen molar-refractivity contribution in [3.63, 3.8) is 0 Å². The Labute approximate surface area is 217 Å². The van der Waals surface area contributed by atoms with Gasteiger partial charge < -0.3 is 9.47 Å². The molecule has 192 valence electrons. The number of hydrogen-bond donors (Lipinski definition) is 1. The SMILES string of the molecule is Cn1c(N2CCC(=O)NC2=O)cnc1-c1ccc2c(n1)C(C)(C)N(Cc1ccc(N3CCCC3)cc1)C2. The minimum Gasteiger partial charge on any atom is -0.372 e. The summed E-state index contributed by atoms with van der Waals surface area (Å²) < 4.78 is 1.87. The van der Waals surface area contributed by atoms with Gasteiger partial charge >= 0.3 is 6.03 Å². The summed E-state index contributed by atoms with van der Waals surface area (Å²) in [5, 5.41) is 2.37. The van der Waals surface area contributed by atoms with Crippen LogP contribution >= 0.6 is 0 Å². The molecule has 3 aliphatic rings. The lowest BCUT2D eigenvalue weighted by atomic mass is 9.98. The first-order valence-electron chi connectivity index (χ1n) is 13.0. The molecule has 0 radical (unpaired) electrons. The number of nitrogens with zero attached hydrogens (tertiary/aromatic N) is 6. The molecule has 1 N–H and O–H groups in total. The molecule has 0 spiro atoms. The first-order chi connectivity index (χ1) is 17.8. The van der Waals surface area contributed by atoms with Crippen LogP contribution in [0.15, 0.2) is 42.6 Å². The van der Waals surface area contributed by atoms with Crippen molar-refractivity contribution >= 4 is 23.4 Å². The van der Waals surface area contributed by atoms with Gasteiger partial charge in [0.15, 0.2) is 5.82 Å². The van der Waals surface area contributed by atoms with Crippen molar-refractivity contribution in [3.8, 4) is 11.5 Å². The molecule has 2 aromatic heterocycles. The Balaban J connectivity index is 1.22. The lowest BCUT2D eigenvalue weighted by Gasteiger charge is -2.32. The van der Waals surface area contributed by atoms with Crippen molar-refractivity contribution in [1.29, 1.82) is 0 Å². The Hall–Kier alpha value is -3.72. The molecule has 3 aliphatic heterocycles. The number of amides is 3. The van der Waals surface area contributed by atoms with Gasteiger partial charge in [0, 0.05) is 51.9 Å². The van der Waals surface area contributed by atoms with E-state index in [9.17, 15) is 9.59 Å². The average molecular weight is 500 g/mol. The van der Waals surface area contributed by atoms with Gasteiger partial charge in [-0.15, -0.1) is 0 Å². The second-order valence-electron chi connectivity index (χ2n) is 10.7. The first-order valence-corrected chi connectivity index (χ1v) is 13.0. The standard InChI is InChI=1S/C28H33N7O2/c1-28(2)25-20(18-34(28)17-19-6-9-21(10-7-19)33-13-4-5-14-33)8-11-22(30-25)26-29-16-24(32(26)3)35-15-12-23(36)31-27(35)37/h6-11,16H,4-5,12-15,17-18H2,1-3H3,(H,31,36,37). The molecule has 37 heavy (non-hydrogen) atoms. The minimum atomic E-state index is -0.419. The molecule has 0 aliphatic carbocycles. The largest absolute Gasteiger partial charge is 0.372 e. The van der Waals surface area contributed by atoms with Gasteiger partial charge in [0.25, 0.3) is 0 Å². The highest BCUT2D eigenvalue weighted by Gasteiger charge is 2.39. The maximum atomic E-state index is 12.3. The number of pyridine rings is 1. The number of anilines is 2. The summed E-state index contributed by atoms with van der Waals surface area (Å²) in [5.74, 6) is 1.08. The molecule has 1 aromatic carbocycles. The van der Waals surface area contributed by atoms with Crippen molar-refractivity contribution in [3.05, 3.63) is 59.4 Å². The lowest BCUT2D eigenvalue weighted by molar-refractivity contribution is -0.120. The third-order valence-corrected chi connectivity index (χ3v) is 8.01. The Morgan fingerprint density at radius 3 is 2.49 bits per heavy atom. The molecule has 9 heteroatoms. The van der Waals surface area contributed by atoms with Gasteiger partial charge in [0.05, 0.1) is 17.4 Å². The molecule has 0 unspecified atom stereocenters. The van der Waals surface area contributed by atoms with Crippen molar-refractivity contribution in [2.75, 3.05) is 29.4 Å². The number of carbonyl (C=O) groups excluding carboxylic acids is 2. The van der Waals surface area contributed by atoms with Gasteiger partial charge in [-0.1, -0.05) is 18.2 Å². The fourth-order valence-electron chi connectivity index (χ4n) is 5.76. The van der Waals surface area contributed by atoms with E-state index in [1.807, 2.05) is 17.7 Å². The highest BCUT2D eigenvalue weighted by molar-refractivity contribution is 6.05. The van der Waals surface area contributed by atoms with Gasteiger partial charge in [0.2, 0.25) is 5.91 Å². The number of urea groups is 1. The predicted octanol–water partition coefficient (Wildman–Crippen LogP) is 3.78. The smallest absolute Gasteiger partial charge is 0.329 e. The molecule has 5 heterocycles. The number of fused-ring (bicyclic) bond motifs is 1. The summed E-state index contributed by atoms with van der Waals surface area (Å²) in [6, 6.07) is 12.8. The van der Waals surface area contributed by atoms with Crippen molar-refractivity contribution in [2.45, 2.75) is 51.7 Å². The highest BCUT2D eigenvalue weighted by Crippen LogP contribution is 2.40. The second-order valence-corrected chi connectivity index (χ2v) is 10.7. The van der Waals surface area contributed by atoms with E-state index in [4.69, 9.17) is 4.98 Å². The Kier molecular flexibility index (Phi) is 5.75. The van der Waals surface area contributed by atoms with E-state index < -0.39 is 6.03 Å². The van der Waals surface area contributed by atoms with E-state index >= 15 is 0 Å². The predicted molar refractivity (Wildman–Crippen MR) is 142 cm³/mol. The number of aromatic nitrogens is 3. The quantitative estimate of drug-likeness (QED) is 0.575. The summed E-state index contributed by atoms with van der Waals surface area (Å²) in [7, 11) is 1.87. The number of nitrogens with one attached hydrogen (secondary N) is 1. The summed E-state index contributed by atoms with van der Waals surface area (Å²) >= 11 is 0. The molecule has 2 saturated heterocycles. The summed E-state index contributed by atoms with van der Waals surface area (Å²) in [5.41, 5.74) is 5.44. The molecule has 0 atom stereocenters. The minimum absolute atomic E-state index is 0.236. The van der Waals surface area contributed by atoms with E-state index in [-0.39, 0.29) is 17.9 Å². The van der Waals surface area contributed by atoms with Gasteiger partial charge in [-0.25, -0.2) is 14.8 Å². The van der Waals surface area contributed by atoms with Crippen LogP contribution in [-0.2, 0) is 30.5 Å². The van der Waals surface area contributed by atoms with Crippen LogP contribution < -0.4 is 15.1 Å². The summed E-state index contributed by atoms with van der Waals surface area (Å²) in [4.78, 5) is 40.0. The normalized spacial score (nSPS) is 19.4. The van der Waals surface area contributed by atoms with Crippen LogP contribution in [0.5, 0.6) is 0 Å². The van der Waals surface area contributed by atoms with Crippen LogP contribution in [0.4, 0.5) is 16.3 Å². The zero-order valence-corrected chi connectivity index (χ0v) is 21.7. The number of carbonyl (C=O) groups is 2. The van der Waals surface area contributed by atoms with Crippen molar-refractivity contribution < 1.29 is 9.59 Å². The molecule has 9 nitrogen and oxygen atoms in total. The van der Waals surface area contributed by atoms with E-state index in [1.54, 1.807) is 11.1 Å². The highest BCUT2D eigenvalue weighted by atomic mass is 16.2. The van der Waals surface area contributed by atoms with E-state index in [0.717, 1.165) is 37.6 Å². The van der Waals surface area contributed by atoms with Crippen LogP contribution in [0.25, 0.3) is 11.5 Å². The van der Waals surface area contributed by atoms with E-state index in [1.165, 1.54) is 29.7 Å². The lowest BCUT2D eigenvalue weighted by Crippen LogP contribution is -2.50. The molecular formula is C28H33N7O2. The van der Waals surface area contributed by atoms with Gasteiger partial charge in [-0.3, -0.25) is 19.9 Å². The van der Waals surface area contributed by atoms with Gasteiger partial charge in [-0.2, -0.15) is 0 Å². The van der Waals surface area contributed by atoms with Gasteiger partial charge in [0.1, 0.15) is 11.5 Å². The Morgan fingerprint density at radius 1 is 1.00 bits per heavy atom. The number of benzene rings is 1. The van der Waals surface area contributed by atoms with Crippen LogP contribution in [0.3, 0.4) is 0 Å². The second kappa shape index (κ2) is 8.99. The van der Waals surface area contributed by atoms with Crippen LogP contribution in [0, 0.1) is 0 Å². The zero-order valence-electron chi connectivity index (χ0n) is 21.7. The van der Waals surface area contributed by atoms with E-state index in [0.29, 0.717) is 18.2 Å². The Bertz CT molecular complexity index is 1360. The molecule has 3 aromatic rings. The molecule has 0 bridgehead atoms. The maximum absolute atomic E-state index is 12.3. The Morgan fingerprint density at radius 2 is 1.76 bits per heavy atom. The molecule has 6 rings (SSSR count). The molecular weight excluding hydrogens is 466 g/mol. The third kappa shape index (κ3) is 4.17. The van der Waals surface area contributed by atoms with Crippen LogP contribution in [-0.4, -0.2) is 51.0 Å². The van der Waals surface area contributed by atoms with Crippen molar-refractivity contribution in [1.82, 2.24) is 24.8 Å². The zero-order chi connectivity index (χ0) is 25.7. The number of imidazole rings is 1. The third-order valence-electron chi connectivity index (χ3n) is 8.01. The number of rotatable bonds is 5.